The highest BCUT2D eigenvalue weighted by Gasteiger charge is 2.30. The van der Waals surface area contributed by atoms with Crippen LogP contribution in [-0.4, -0.2) is 34.2 Å². The van der Waals surface area contributed by atoms with Gasteiger partial charge in [0, 0.05) is 12.1 Å². The first-order valence-electron chi connectivity index (χ1n) is 6.68. The van der Waals surface area contributed by atoms with Gasteiger partial charge in [0.05, 0.1) is 10.6 Å². The number of nitro benzene ring substituents is 1. The van der Waals surface area contributed by atoms with Gasteiger partial charge in [-0.05, 0) is 18.1 Å². The molecule has 0 aliphatic heterocycles. The predicted octanol–water partition coefficient (Wildman–Crippen LogP) is 1.23. The number of ether oxygens (including phenoxy) is 1. The molecule has 0 saturated heterocycles. The molecule has 130 valence electrons. The van der Waals surface area contributed by atoms with Crippen molar-refractivity contribution in [2.24, 2.45) is 11.7 Å². The molecule has 0 heterocycles. The van der Waals surface area contributed by atoms with Crippen LogP contribution in [0.5, 0.6) is 0 Å². The van der Waals surface area contributed by atoms with Crippen LogP contribution in [0.3, 0.4) is 0 Å². The number of benzene rings is 1. The third-order valence-corrected chi connectivity index (χ3v) is 2.90. The molecule has 11 nitrogen and oxygen atoms in total. The lowest BCUT2D eigenvalue weighted by atomic mass is 10.1. The Kier molecular flexibility index (Phi) is 6.18. The highest BCUT2D eigenvalue weighted by molar-refractivity contribution is 5.89. The quantitative estimate of drug-likeness (QED) is 0.301. The number of esters is 1. The molecule has 2 amide bonds. The van der Waals surface area contributed by atoms with Crippen molar-refractivity contribution >= 4 is 29.5 Å². The molecule has 24 heavy (non-hydrogen) atoms. The Morgan fingerprint density at radius 3 is 2.21 bits per heavy atom. The molecule has 0 saturated carbocycles. The van der Waals surface area contributed by atoms with Gasteiger partial charge in [-0.25, -0.2) is 24.8 Å². The van der Waals surface area contributed by atoms with Crippen molar-refractivity contribution in [3.05, 3.63) is 34.4 Å². The molecular weight excluding hydrogens is 324 g/mol. The Balaban J connectivity index is 3.05. The van der Waals surface area contributed by atoms with Crippen molar-refractivity contribution in [3.63, 3.8) is 0 Å². The van der Waals surface area contributed by atoms with Crippen molar-refractivity contribution in [1.29, 1.82) is 0 Å². The number of carboxylic acid groups (broad SMARTS) is 1. The minimum Gasteiger partial charge on any atom is -0.464 e. The second-order valence-electron chi connectivity index (χ2n) is 4.98. The van der Waals surface area contributed by atoms with Gasteiger partial charge in [0.25, 0.3) is 5.69 Å². The fourth-order valence-corrected chi connectivity index (χ4v) is 1.74. The minimum absolute atomic E-state index is 0.0330. The maximum atomic E-state index is 11.8. The molecule has 0 bridgehead atoms. The van der Waals surface area contributed by atoms with Crippen LogP contribution >= 0.6 is 0 Å². The summed E-state index contributed by atoms with van der Waals surface area (Å²) in [5, 5.41) is 20.5. The average Bonchev–Trinajstić information content (AvgIpc) is 2.46. The Morgan fingerprint density at radius 1 is 1.29 bits per heavy atom. The number of hydrogen-bond acceptors (Lipinski definition) is 7. The molecule has 0 spiro atoms. The van der Waals surface area contributed by atoms with E-state index in [1.807, 2.05) is 0 Å². The average molecular weight is 340 g/mol. The number of carbonyl (C=O) groups is 3. The van der Waals surface area contributed by atoms with Crippen LogP contribution in [0.25, 0.3) is 0 Å². The van der Waals surface area contributed by atoms with Crippen LogP contribution in [0, 0.1) is 16.0 Å². The molecule has 0 radical (unpaired) electrons. The monoisotopic (exact) mass is 340 g/mol. The molecule has 0 aliphatic carbocycles. The summed E-state index contributed by atoms with van der Waals surface area (Å²) in [6, 6.07) is 3.41. The predicted molar refractivity (Wildman–Crippen MR) is 81.0 cm³/mol. The van der Waals surface area contributed by atoms with Crippen molar-refractivity contribution in [3.8, 4) is 0 Å². The number of carbonyl (C=O) groups excluding carboxylic acids is 2. The van der Waals surface area contributed by atoms with Crippen LogP contribution in [-0.2, 0) is 9.53 Å². The first-order valence-corrected chi connectivity index (χ1v) is 6.68. The first-order chi connectivity index (χ1) is 11.1. The molecule has 0 aromatic heterocycles. The number of nitrogens with two attached hydrogens (primary N) is 1. The Hall–Kier alpha value is -3.21. The van der Waals surface area contributed by atoms with E-state index in [0.717, 1.165) is 12.1 Å². The van der Waals surface area contributed by atoms with Crippen molar-refractivity contribution in [1.82, 2.24) is 5.43 Å². The largest absolute Gasteiger partial charge is 0.464 e. The van der Waals surface area contributed by atoms with Gasteiger partial charge >= 0.3 is 18.2 Å². The summed E-state index contributed by atoms with van der Waals surface area (Å²) in [5.41, 5.74) is 6.99. The van der Waals surface area contributed by atoms with Gasteiger partial charge in [-0.2, -0.15) is 0 Å². The zero-order valence-corrected chi connectivity index (χ0v) is 12.8. The Bertz CT molecular complexity index is 644. The van der Waals surface area contributed by atoms with E-state index in [9.17, 15) is 29.6 Å². The molecular formula is C13H16N4O7. The van der Waals surface area contributed by atoms with Gasteiger partial charge < -0.3 is 15.6 Å². The number of anilines is 1. The number of nitrogens with zero attached hydrogens (tertiary/aromatic N) is 2. The van der Waals surface area contributed by atoms with Crippen LogP contribution in [0.2, 0.25) is 0 Å². The summed E-state index contributed by atoms with van der Waals surface area (Å²) >= 11 is 0. The topological polar surface area (TPSA) is 165 Å². The maximum Gasteiger partial charge on any atom is 0.426 e. The van der Waals surface area contributed by atoms with Gasteiger partial charge in [-0.3, -0.25) is 10.1 Å². The molecule has 1 aromatic carbocycles. The summed E-state index contributed by atoms with van der Waals surface area (Å²) in [4.78, 5) is 43.9. The fraction of sp³-hybridized carbons (Fsp3) is 0.308. The number of nitrogens with one attached hydrogen (secondary N) is 1. The molecule has 1 rings (SSSR count). The zero-order valence-electron chi connectivity index (χ0n) is 12.8. The molecule has 11 heteroatoms. The van der Waals surface area contributed by atoms with E-state index in [-0.39, 0.29) is 11.4 Å². The highest BCUT2D eigenvalue weighted by Crippen LogP contribution is 2.19. The number of hydrogen-bond donors (Lipinski definition) is 3. The summed E-state index contributed by atoms with van der Waals surface area (Å²) in [5.74, 6) is -1.50. The molecule has 1 aromatic rings. The van der Waals surface area contributed by atoms with Gasteiger partial charge in [-0.15, -0.1) is 0 Å². The molecule has 0 fully saturated rings. The van der Waals surface area contributed by atoms with Gasteiger partial charge in [0.1, 0.15) is 6.04 Å². The van der Waals surface area contributed by atoms with Crippen molar-refractivity contribution in [2.75, 3.05) is 5.01 Å². The van der Waals surface area contributed by atoms with Gasteiger partial charge in [0.2, 0.25) is 0 Å². The summed E-state index contributed by atoms with van der Waals surface area (Å²) < 4.78 is 4.27. The highest BCUT2D eigenvalue weighted by atomic mass is 16.6. The smallest absolute Gasteiger partial charge is 0.426 e. The van der Waals surface area contributed by atoms with Crippen LogP contribution in [0.15, 0.2) is 24.3 Å². The van der Waals surface area contributed by atoms with Crippen molar-refractivity contribution in [2.45, 2.75) is 19.9 Å². The number of hydrazine groups is 1. The number of nitro groups is 1. The fourth-order valence-electron chi connectivity index (χ4n) is 1.74. The maximum absolute atomic E-state index is 11.8. The third kappa shape index (κ3) is 4.91. The minimum atomic E-state index is -1.47. The number of amides is 2. The normalized spacial score (nSPS) is 11.6. The SMILES string of the molecule is CC(C)[C@H](NN(C(=O)O)c1ccc([N+](=O)[O-])cc1)C(=O)OC(N)=O. The number of primary amides is 1. The molecule has 1 atom stereocenters. The van der Waals surface area contributed by atoms with E-state index >= 15 is 0 Å². The molecule has 0 aliphatic rings. The van der Waals surface area contributed by atoms with E-state index in [2.05, 4.69) is 10.2 Å². The second kappa shape index (κ2) is 7.87. The number of non-ortho nitro benzene ring substituents is 1. The summed E-state index contributed by atoms with van der Waals surface area (Å²) in [6.45, 7) is 3.19. The van der Waals surface area contributed by atoms with Gasteiger partial charge in [-0.1, -0.05) is 13.8 Å². The lowest BCUT2D eigenvalue weighted by Crippen LogP contribution is -2.54. The van der Waals surface area contributed by atoms with Crippen LogP contribution in [0.4, 0.5) is 21.0 Å². The first kappa shape index (κ1) is 18.8. The van der Waals surface area contributed by atoms with Crippen molar-refractivity contribution < 1.29 is 29.2 Å². The zero-order chi connectivity index (χ0) is 18.4. The van der Waals surface area contributed by atoms with E-state index in [1.165, 1.54) is 12.1 Å². The Morgan fingerprint density at radius 2 is 1.83 bits per heavy atom. The molecule has 0 unspecified atom stereocenters. The second-order valence-corrected chi connectivity index (χ2v) is 4.98. The third-order valence-electron chi connectivity index (χ3n) is 2.90. The lowest BCUT2D eigenvalue weighted by Gasteiger charge is -2.27. The van der Waals surface area contributed by atoms with E-state index in [4.69, 9.17) is 5.73 Å². The van der Waals surface area contributed by atoms with Gasteiger partial charge in [0.15, 0.2) is 0 Å². The van der Waals surface area contributed by atoms with E-state index in [1.54, 1.807) is 13.8 Å². The summed E-state index contributed by atoms with van der Waals surface area (Å²) in [6.07, 6.45) is -2.79. The van der Waals surface area contributed by atoms with Crippen LogP contribution in [0.1, 0.15) is 13.8 Å². The van der Waals surface area contributed by atoms with E-state index < -0.39 is 35.0 Å². The summed E-state index contributed by atoms with van der Waals surface area (Å²) in [7, 11) is 0. The lowest BCUT2D eigenvalue weighted by molar-refractivity contribution is -0.384. The Labute approximate surface area is 136 Å². The standard InChI is InChI=1S/C13H16N4O7/c1-7(2)10(11(18)24-12(14)19)15-16(13(20)21)8-3-5-9(6-4-8)17(22)23/h3-7,10,15H,1-2H3,(H2,14,19)(H,20,21)/t10-/m0/s1. The number of rotatable bonds is 6. The van der Waals surface area contributed by atoms with E-state index in [0.29, 0.717) is 5.01 Å². The molecule has 4 N–H and O–H groups in total. The van der Waals surface area contributed by atoms with Crippen LogP contribution < -0.4 is 16.2 Å².